The molecule has 1 atom stereocenters. The first kappa shape index (κ1) is 10.7. The van der Waals surface area contributed by atoms with Crippen LogP contribution in [0.25, 0.3) is 0 Å². The normalized spacial score (nSPS) is 19.8. The Balaban J connectivity index is 2.00. The summed E-state index contributed by atoms with van der Waals surface area (Å²) in [6.45, 7) is 0.764. The number of benzene rings is 1. The molecule has 0 unspecified atom stereocenters. The van der Waals surface area contributed by atoms with Crippen molar-refractivity contribution in [2.75, 3.05) is 6.61 Å². The third-order valence-electron chi connectivity index (χ3n) is 2.39. The van der Waals surface area contributed by atoms with Crippen molar-refractivity contribution < 1.29 is 4.74 Å². The van der Waals surface area contributed by atoms with Crippen LogP contribution in [0, 0.1) is 0 Å². The van der Waals surface area contributed by atoms with Crippen molar-refractivity contribution in [3.63, 3.8) is 0 Å². The van der Waals surface area contributed by atoms with E-state index in [0.717, 1.165) is 33.0 Å². The average molecular weight is 268 g/mol. The second-order valence-corrected chi connectivity index (χ2v) is 5.61. The number of nitrogens with zero attached hydrogens (tertiary/aromatic N) is 1. The topological polar surface area (TPSA) is 21.6 Å². The summed E-state index contributed by atoms with van der Waals surface area (Å²) in [6, 6.07) is 10.5. The molecule has 0 aromatic heterocycles. The molecular weight excluding hydrogens is 253 g/mol. The number of hydrogen-bond acceptors (Lipinski definition) is 2. The Morgan fingerprint density at radius 3 is 2.93 bits per heavy atom. The van der Waals surface area contributed by atoms with E-state index < -0.39 is 0 Å². The zero-order valence-electron chi connectivity index (χ0n) is 8.85. The van der Waals surface area contributed by atoms with Gasteiger partial charge in [-0.2, -0.15) is 0 Å². The molecule has 15 heavy (non-hydrogen) atoms. The van der Waals surface area contributed by atoms with E-state index >= 15 is 0 Å². The third-order valence-corrected chi connectivity index (χ3v) is 3.74. The van der Waals surface area contributed by atoms with Crippen molar-refractivity contribution in [3.05, 3.63) is 35.9 Å². The van der Waals surface area contributed by atoms with Crippen molar-refractivity contribution in [2.24, 2.45) is 4.99 Å². The van der Waals surface area contributed by atoms with E-state index in [1.165, 1.54) is 11.7 Å². The van der Waals surface area contributed by atoms with Gasteiger partial charge in [0, 0.05) is 0 Å². The van der Waals surface area contributed by atoms with Gasteiger partial charge in [-0.1, -0.05) is 0 Å². The average Bonchev–Trinajstić information content (AvgIpc) is 2.76. The van der Waals surface area contributed by atoms with E-state index in [2.05, 4.69) is 10.8 Å². The fourth-order valence-corrected chi connectivity index (χ4v) is 2.62. The first-order valence-corrected chi connectivity index (χ1v) is 8.07. The predicted octanol–water partition coefficient (Wildman–Crippen LogP) is 2.39. The number of ether oxygens (including phenoxy) is 1. The summed E-state index contributed by atoms with van der Waals surface area (Å²) < 4.78 is 5.61. The summed E-state index contributed by atoms with van der Waals surface area (Å²) in [5.41, 5.74) is 1.10. The Morgan fingerprint density at radius 1 is 1.40 bits per heavy atom. The molecule has 0 bridgehead atoms. The molecule has 0 saturated heterocycles. The minimum absolute atomic E-state index is 0.391. The Labute approximate surface area is 96.9 Å². The number of rotatable bonds is 4. The van der Waals surface area contributed by atoms with Gasteiger partial charge in [0.15, 0.2) is 0 Å². The molecule has 0 radical (unpaired) electrons. The van der Waals surface area contributed by atoms with Crippen LogP contribution in [0.3, 0.4) is 0 Å². The summed E-state index contributed by atoms with van der Waals surface area (Å²) in [4.78, 5) is 4.60. The van der Waals surface area contributed by atoms with E-state index in [1.807, 2.05) is 30.3 Å². The van der Waals surface area contributed by atoms with E-state index in [-0.39, 0.29) is 0 Å². The molecule has 1 heterocycles. The molecule has 0 saturated carbocycles. The zero-order chi connectivity index (χ0) is 10.5. The molecule has 2 rings (SSSR count). The zero-order valence-corrected chi connectivity index (χ0v) is 10.6. The monoisotopic (exact) mass is 269 g/mol. The first-order valence-electron chi connectivity index (χ1n) is 5.15. The quantitative estimate of drug-likeness (QED) is 0.768. The van der Waals surface area contributed by atoms with Gasteiger partial charge in [0.2, 0.25) is 0 Å². The van der Waals surface area contributed by atoms with Crippen molar-refractivity contribution in [1.29, 1.82) is 0 Å². The van der Waals surface area contributed by atoms with Gasteiger partial charge >= 0.3 is 96.7 Å². The molecule has 80 valence electrons. The molecule has 3 heteroatoms. The summed E-state index contributed by atoms with van der Waals surface area (Å²) in [5, 5.41) is 1.30. The number of hydrogen-bond donors (Lipinski definition) is 0. The molecule has 2 nitrogen and oxygen atoms in total. The van der Waals surface area contributed by atoms with E-state index in [4.69, 9.17) is 4.74 Å². The molecule has 0 N–H and O–H groups in total. The maximum atomic E-state index is 5.61. The van der Waals surface area contributed by atoms with Crippen molar-refractivity contribution >= 4 is 20.9 Å². The van der Waals surface area contributed by atoms with Crippen LogP contribution in [0.15, 0.2) is 35.3 Å². The van der Waals surface area contributed by atoms with Crippen LogP contribution in [-0.4, -0.2) is 33.5 Å². The fourth-order valence-electron chi connectivity index (χ4n) is 1.56. The Kier molecular flexibility index (Phi) is 3.81. The van der Waals surface area contributed by atoms with Crippen LogP contribution in [0.4, 0.5) is 0 Å². The molecular formula is C12H15NOSe. The van der Waals surface area contributed by atoms with Gasteiger partial charge in [-0.05, 0) is 0 Å². The van der Waals surface area contributed by atoms with Gasteiger partial charge in [0.1, 0.15) is 0 Å². The minimum atomic E-state index is 0.391. The summed E-state index contributed by atoms with van der Waals surface area (Å²) in [7, 11) is 0. The van der Waals surface area contributed by atoms with Crippen molar-refractivity contribution in [3.8, 4) is 0 Å². The van der Waals surface area contributed by atoms with E-state index in [9.17, 15) is 0 Å². The molecule has 1 aromatic rings. The molecule has 0 fully saturated rings. The molecule has 1 aliphatic heterocycles. The van der Waals surface area contributed by atoms with Crippen LogP contribution in [0.5, 0.6) is 0 Å². The first-order chi connectivity index (χ1) is 7.40. The van der Waals surface area contributed by atoms with Crippen LogP contribution in [0.1, 0.15) is 12.0 Å². The summed E-state index contributed by atoms with van der Waals surface area (Å²) in [6.07, 6.45) is 1.17. The molecule has 1 aromatic carbocycles. The third kappa shape index (κ3) is 2.83. The SMILES string of the molecule is C[Se]CC[C@H]1COC(c2ccccc2)=N1. The Morgan fingerprint density at radius 2 is 2.20 bits per heavy atom. The van der Waals surface area contributed by atoms with Gasteiger partial charge in [0.05, 0.1) is 0 Å². The van der Waals surface area contributed by atoms with Crippen molar-refractivity contribution in [2.45, 2.75) is 23.6 Å². The summed E-state index contributed by atoms with van der Waals surface area (Å²) in [5.74, 6) is 3.09. The maximum absolute atomic E-state index is 5.61. The standard InChI is InChI=1S/C12H15NOSe/c1-15-8-7-11-9-14-12(13-11)10-5-3-2-4-6-10/h2-6,11H,7-9H2,1H3/t11-/m0/s1. The van der Waals surface area contributed by atoms with Gasteiger partial charge in [-0.3, -0.25) is 0 Å². The molecule has 1 aliphatic rings. The summed E-state index contributed by atoms with van der Waals surface area (Å²) >= 11 is 0.755. The van der Waals surface area contributed by atoms with Gasteiger partial charge in [0.25, 0.3) is 0 Å². The Bertz CT molecular complexity index is 337. The van der Waals surface area contributed by atoms with Crippen LogP contribution in [-0.2, 0) is 4.74 Å². The van der Waals surface area contributed by atoms with Gasteiger partial charge in [-0.15, -0.1) is 0 Å². The van der Waals surface area contributed by atoms with Crippen molar-refractivity contribution in [1.82, 2.24) is 0 Å². The second kappa shape index (κ2) is 5.34. The molecule has 0 aliphatic carbocycles. The molecule has 0 spiro atoms. The van der Waals surface area contributed by atoms with Gasteiger partial charge in [-0.25, -0.2) is 0 Å². The second-order valence-electron chi connectivity index (χ2n) is 3.55. The van der Waals surface area contributed by atoms with Crippen LogP contribution in [0.2, 0.25) is 11.1 Å². The van der Waals surface area contributed by atoms with Crippen LogP contribution >= 0.6 is 0 Å². The predicted molar refractivity (Wildman–Crippen MR) is 63.8 cm³/mol. The Hall–Kier alpha value is -0.791. The van der Waals surface area contributed by atoms with Crippen LogP contribution < -0.4 is 0 Å². The molecule has 0 amide bonds. The van der Waals surface area contributed by atoms with E-state index in [0.29, 0.717) is 6.04 Å². The van der Waals surface area contributed by atoms with Gasteiger partial charge < -0.3 is 0 Å². The van der Waals surface area contributed by atoms with E-state index in [1.54, 1.807) is 0 Å². The number of aliphatic imine (C=N–C) groups is 1. The fraction of sp³-hybridized carbons (Fsp3) is 0.417.